The first-order chi connectivity index (χ1) is 10.8. The molecule has 1 aromatic heterocycles. The quantitative estimate of drug-likeness (QED) is 0.563. The molecular weight excluding hydrogens is 429 g/mol. The molecule has 0 atom stereocenters. The van der Waals surface area contributed by atoms with Gasteiger partial charge < -0.3 is 5.32 Å². The Bertz CT molecular complexity index is 822. The number of carbonyl (C=O) groups excluding carboxylic acids is 1. The highest BCUT2D eigenvalue weighted by atomic mass is 127. The molecule has 0 bridgehead atoms. The third kappa shape index (κ3) is 4.06. The third-order valence-electron chi connectivity index (χ3n) is 3.17. The van der Waals surface area contributed by atoms with Crippen molar-refractivity contribution in [2.75, 3.05) is 14.1 Å². The van der Waals surface area contributed by atoms with Crippen LogP contribution in [-0.2, 0) is 16.6 Å². The standard InChI is InChI=1S/C15H16IN3O3S/c1-19(2)23(21,22)13-8-4-3-6-11(13)10-18-15(20)12-7-5-9-17-14(12)16/h3-9H,10H2,1-2H3,(H,18,20). The fourth-order valence-corrected chi connectivity index (χ4v) is 3.63. The number of sulfonamides is 1. The number of hydrogen-bond acceptors (Lipinski definition) is 4. The summed E-state index contributed by atoms with van der Waals surface area (Å²) in [6.45, 7) is 0.118. The van der Waals surface area contributed by atoms with Crippen LogP contribution < -0.4 is 5.32 Å². The van der Waals surface area contributed by atoms with E-state index in [1.165, 1.54) is 20.2 Å². The molecule has 8 heteroatoms. The van der Waals surface area contributed by atoms with Gasteiger partial charge in [0.25, 0.3) is 5.91 Å². The van der Waals surface area contributed by atoms with Crippen LogP contribution >= 0.6 is 22.6 Å². The number of nitrogens with zero attached hydrogens (tertiary/aromatic N) is 2. The molecule has 1 amide bonds. The maximum absolute atomic E-state index is 12.3. The first-order valence-corrected chi connectivity index (χ1v) is 9.25. The molecule has 0 saturated heterocycles. The van der Waals surface area contributed by atoms with Crippen molar-refractivity contribution in [2.24, 2.45) is 0 Å². The lowest BCUT2D eigenvalue weighted by molar-refractivity contribution is 0.0949. The zero-order valence-corrected chi connectivity index (χ0v) is 15.6. The van der Waals surface area contributed by atoms with Crippen LogP contribution in [0.5, 0.6) is 0 Å². The van der Waals surface area contributed by atoms with E-state index < -0.39 is 10.0 Å². The highest BCUT2D eigenvalue weighted by molar-refractivity contribution is 14.1. The van der Waals surface area contributed by atoms with E-state index in [2.05, 4.69) is 10.3 Å². The largest absolute Gasteiger partial charge is 0.348 e. The number of halogens is 1. The van der Waals surface area contributed by atoms with Crippen molar-refractivity contribution in [3.63, 3.8) is 0 Å². The van der Waals surface area contributed by atoms with Crippen molar-refractivity contribution in [2.45, 2.75) is 11.4 Å². The second-order valence-electron chi connectivity index (χ2n) is 4.92. The van der Waals surface area contributed by atoms with E-state index in [-0.39, 0.29) is 17.3 Å². The molecule has 1 heterocycles. The van der Waals surface area contributed by atoms with Crippen LogP contribution in [-0.4, -0.2) is 37.7 Å². The first kappa shape index (κ1) is 17.8. The Morgan fingerprint density at radius 3 is 2.57 bits per heavy atom. The van der Waals surface area contributed by atoms with Gasteiger partial charge in [0.2, 0.25) is 10.0 Å². The van der Waals surface area contributed by atoms with Crippen molar-refractivity contribution in [1.29, 1.82) is 0 Å². The maximum Gasteiger partial charge on any atom is 0.254 e. The average molecular weight is 445 g/mol. The zero-order valence-electron chi connectivity index (χ0n) is 12.7. The smallest absolute Gasteiger partial charge is 0.254 e. The molecule has 0 aliphatic rings. The minimum Gasteiger partial charge on any atom is -0.348 e. The summed E-state index contributed by atoms with van der Waals surface area (Å²) in [6.07, 6.45) is 1.61. The highest BCUT2D eigenvalue weighted by Gasteiger charge is 2.21. The number of carbonyl (C=O) groups is 1. The lowest BCUT2D eigenvalue weighted by Gasteiger charge is -2.15. The second kappa shape index (κ2) is 7.37. The summed E-state index contributed by atoms with van der Waals surface area (Å²) in [4.78, 5) is 16.5. The van der Waals surface area contributed by atoms with Crippen LogP contribution in [0.4, 0.5) is 0 Å². The summed E-state index contributed by atoms with van der Waals surface area (Å²) >= 11 is 1.98. The molecule has 1 N–H and O–H groups in total. The van der Waals surface area contributed by atoms with Crippen molar-refractivity contribution >= 4 is 38.5 Å². The lowest BCUT2D eigenvalue weighted by atomic mass is 10.2. The molecule has 0 unspecified atom stereocenters. The van der Waals surface area contributed by atoms with E-state index in [1.807, 2.05) is 22.6 Å². The van der Waals surface area contributed by atoms with Gasteiger partial charge in [-0.2, -0.15) is 0 Å². The molecule has 0 spiro atoms. The number of benzene rings is 1. The summed E-state index contributed by atoms with van der Waals surface area (Å²) in [6, 6.07) is 9.97. The van der Waals surface area contributed by atoms with E-state index in [0.717, 1.165) is 4.31 Å². The summed E-state index contributed by atoms with van der Waals surface area (Å²) in [5.74, 6) is -0.292. The van der Waals surface area contributed by atoms with Gasteiger partial charge in [0.15, 0.2) is 0 Å². The van der Waals surface area contributed by atoms with Gasteiger partial charge in [0.05, 0.1) is 10.5 Å². The molecule has 0 saturated carbocycles. The van der Waals surface area contributed by atoms with Gasteiger partial charge in [-0.3, -0.25) is 4.79 Å². The summed E-state index contributed by atoms with van der Waals surface area (Å²) < 4.78 is 26.4. The van der Waals surface area contributed by atoms with E-state index in [9.17, 15) is 13.2 Å². The molecule has 0 fully saturated rings. The van der Waals surface area contributed by atoms with Crippen LogP contribution in [0.2, 0.25) is 0 Å². The average Bonchev–Trinajstić information content (AvgIpc) is 2.53. The van der Waals surface area contributed by atoms with Gasteiger partial charge >= 0.3 is 0 Å². The molecule has 0 aliphatic heterocycles. The Kier molecular flexibility index (Phi) is 5.71. The third-order valence-corrected chi connectivity index (χ3v) is 5.95. The molecule has 23 heavy (non-hydrogen) atoms. The number of amides is 1. The predicted molar refractivity (Wildman–Crippen MR) is 95.4 cm³/mol. The van der Waals surface area contributed by atoms with Crippen LogP contribution in [0.25, 0.3) is 0 Å². The van der Waals surface area contributed by atoms with E-state index in [0.29, 0.717) is 14.8 Å². The molecule has 0 aliphatic carbocycles. The molecule has 6 nitrogen and oxygen atoms in total. The van der Waals surface area contributed by atoms with Crippen molar-refractivity contribution < 1.29 is 13.2 Å². The number of nitrogens with one attached hydrogen (secondary N) is 1. The normalized spacial score (nSPS) is 11.5. The Labute approximate surface area is 149 Å². The molecule has 2 aromatic rings. The monoisotopic (exact) mass is 445 g/mol. The SMILES string of the molecule is CN(C)S(=O)(=O)c1ccccc1CNC(=O)c1cccnc1I. The van der Waals surface area contributed by atoms with Crippen LogP contribution in [0.15, 0.2) is 47.5 Å². The zero-order chi connectivity index (χ0) is 17.0. The molecular formula is C15H16IN3O3S. The molecule has 122 valence electrons. The molecule has 0 radical (unpaired) electrons. The number of hydrogen-bond donors (Lipinski definition) is 1. The highest BCUT2D eigenvalue weighted by Crippen LogP contribution is 2.18. The van der Waals surface area contributed by atoms with Crippen molar-refractivity contribution in [3.05, 3.63) is 57.4 Å². The van der Waals surface area contributed by atoms with Crippen LogP contribution in [0, 0.1) is 3.70 Å². The maximum atomic E-state index is 12.3. The molecule has 2 rings (SSSR count). The van der Waals surface area contributed by atoms with Gasteiger partial charge in [-0.05, 0) is 46.4 Å². The van der Waals surface area contributed by atoms with Crippen molar-refractivity contribution in [3.8, 4) is 0 Å². The predicted octanol–water partition coefficient (Wildman–Crippen LogP) is 1.87. The number of pyridine rings is 1. The minimum atomic E-state index is -3.56. The fourth-order valence-electron chi connectivity index (χ4n) is 1.92. The van der Waals surface area contributed by atoms with Crippen molar-refractivity contribution in [1.82, 2.24) is 14.6 Å². The fraction of sp³-hybridized carbons (Fsp3) is 0.200. The van der Waals surface area contributed by atoms with Gasteiger partial charge in [-0.25, -0.2) is 17.7 Å². The Morgan fingerprint density at radius 2 is 1.91 bits per heavy atom. The Morgan fingerprint density at radius 1 is 1.22 bits per heavy atom. The molecule has 1 aromatic carbocycles. The number of aromatic nitrogens is 1. The van der Waals surface area contributed by atoms with Gasteiger partial charge in [-0.1, -0.05) is 18.2 Å². The Balaban J connectivity index is 2.23. The Hall–Kier alpha value is -1.52. The van der Waals surface area contributed by atoms with Crippen LogP contribution in [0.3, 0.4) is 0 Å². The summed E-state index contributed by atoms with van der Waals surface area (Å²) in [5, 5.41) is 2.74. The number of rotatable bonds is 5. The van der Waals surface area contributed by atoms with E-state index >= 15 is 0 Å². The lowest BCUT2D eigenvalue weighted by Crippen LogP contribution is -2.27. The van der Waals surface area contributed by atoms with E-state index in [4.69, 9.17) is 0 Å². The second-order valence-corrected chi connectivity index (χ2v) is 8.06. The summed E-state index contributed by atoms with van der Waals surface area (Å²) in [5.41, 5.74) is 0.995. The first-order valence-electron chi connectivity index (χ1n) is 6.73. The van der Waals surface area contributed by atoms with E-state index in [1.54, 1.807) is 36.5 Å². The van der Waals surface area contributed by atoms with Gasteiger partial charge in [0, 0.05) is 26.8 Å². The van der Waals surface area contributed by atoms with Gasteiger partial charge in [0.1, 0.15) is 3.70 Å². The topological polar surface area (TPSA) is 79.4 Å². The van der Waals surface area contributed by atoms with Crippen LogP contribution in [0.1, 0.15) is 15.9 Å². The minimum absolute atomic E-state index is 0.118. The summed E-state index contributed by atoms with van der Waals surface area (Å²) in [7, 11) is -0.610. The van der Waals surface area contributed by atoms with Gasteiger partial charge in [-0.15, -0.1) is 0 Å².